The van der Waals surface area contributed by atoms with Gasteiger partial charge in [-0.2, -0.15) is 0 Å². The van der Waals surface area contributed by atoms with Crippen molar-refractivity contribution in [1.82, 2.24) is 5.32 Å². The van der Waals surface area contributed by atoms with E-state index < -0.39 is 0 Å². The Morgan fingerprint density at radius 1 is 1.28 bits per heavy atom. The highest BCUT2D eigenvalue weighted by molar-refractivity contribution is 8.00. The minimum absolute atomic E-state index is 0.148. The molecule has 1 aromatic rings. The van der Waals surface area contributed by atoms with Crippen LogP contribution in [0.1, 0.15) is 40.0 Å². The first-order valence-corrected chi connectivity index (χ1v) is 7.74. The zero-order chi connectivity index (χ0) is 13.4. The average molecular weight is 269 g/mol. The van der Waals surface area contributed by atoms with Crippen LogP contribution in [-0.2, 0) is 0 Å². The van der Waals surface area contributed by atoms with E-state index in [2.05, 4.69) is 26.1 Å². The van der Waals surface area contributed by atoms with Crippen LogP contribution in [0.15, 0.2) is 29.2 Å². The summed E-state index contributed by atoms with van der Waals surface area (Å²) in [4.78, 5) is 1.03. The van der Waals surface area contributed by atoms with Gasteiger partial charge in [-0.1, -0.05) is 33.3 Å². The molecule has 1 N–H and O–H groups in total. The van der Waals surface area contributed by atoms with Gasteiger partial charge >= 0.3 is 0 Å². The van der Waals surface area contributed by atoms with Gasteiger partial charge in [-0.3, -0.25) is 0 Å². The van der Waals surface area contributed by atoms with Crippen molar-refractivity contribution in [1.29, 1.82) is 0 Å². The third kappa shape index (κ3) is 4.99. The quantitative estimate of drug-likeness (QED) is 0.699. The van der Waals surface area contributed by atoms with Gasteiger partial charge in [-0.05, 0) is 37.6 Å². The van der Waals surface area contributed by atoms with E-state index in [4.69, 9.17) is 0 Å². The predicted molar refractivity (Wildman–Crippen MR) is 78.7 cm³/mol. The summed E-state index contributed by atoms with van der Waals surface area (Å²) in [5.41, 5.74) is 0. The molecule has 0 saturated carbocycles. The number of thioether (sulfide) groups is 1. The maximum absolute atomic E-state index is 13.2. The number of hydrogen-bond donors (Lipinski definition) is 1. The molecule has 0 aliphatic rings. The number of nitrogens with one attached hydrogen (secondary N) is 1. The standard InChI is InChI=1S/C15H24FNS/c1-4-8-14(17-6-3)15(5-2)18-13-10-7-9-12(16)11-13/h7,9-11,14-15,17H,4-6,8H2,1-3H3. The molecule has 3 heteroatoms. The van der Waals surface area contributed by atoms with Crippen molar-refractivity contribution in [2.45, 2.75) is 56.2 Å². The highest BCUT2D eigenvalue weighted by Crippen LogP contribution is 2.29. The molecule has 18 heavy (non-hydrogen) atoms. The monoisotopic (exact) mass is 269 g/mol. The summed E-state index contributed by atoms with van der Waals surface area (Å²) in [5.74, 6) is -0.148. The van der Waals surface area contributed by atoms with E-state index >= 15 is 0 Å². The largest absolute Gasteiger partial charge is 0.313 e. The molecule has 0 spiro atoms. The van der Waals surface area contributed by atoms with Gasteiger partial charge in [0.2, 0.25) is 0 Å². The molecule has 0 aromatic heterocycles. The van der Waals surface area contributed by atoms with Crippen LogP contribution < -0.4 is 5.32 Å². The van der Waals surface area contributed by atoms with Gasteiger partial charge in [-0.25, -0.2) is 4.39 Å². The average Bonchev–Trinajstić information content (AvgIpc) is 2.36. The maximum atomic E-state index is 13.2. The third-order valence-corrected chi connectivity index (χ3v) is 4.49. The molecular weight excluding hydrogens is 245 g/mol. The molecule has 102 valence electrons. The van der Waals surface area contributed by atoms with Gasteiger partial charge in [0.05, 0.1) is 0 Å². The summed E-state index contributed by atoms with van der Waals surface area (Å²) in [6, 6.07) is 7.41. The topological polar surface area (TPSA) is 12.0 Å². The summed E-state index contributed by atoms with van der Waals surface area (Å²) in [5, 5.41) is 4.06. The molecular formula is C15H24FNS. The number of hydrogen-bond acceptors (Lipinski definition) is 2. The molecule has 0 radical (unpaired) electrons. The summed E-state index contributed by atoms with van der Waals surface area (Å²) >= 11 is 1.79. The molecule has 1 nitrogen and oxygen atoms in total. The van der Waals surface area contributed by atoms with Crippen molar-refractivity contribution in [3.63, 3.8) is 0 Å². The maximum Gasteiger partial charge on any atom is 0.124 e. The van der Waals surface area contributed by atoms with Crippen molar-refractivity contribution in [3.05, 3.63) is 30.1 Å². The Balaban J connectivity index is 2.69. The van der Waals surface area contributed by atoms with Crippen molar-refractivity contribution in [3.8, 4) is 0 Å². The fourth-order valence-corrected chi connectivity index (χ4v) is 3.41. The SMILES string of the molecule is CCCC(NCC)C(CC)Sc1cccc(F)c1. The zero-order valence-electron chi connectivity index (χ0n) is 11.6. The Hall–Kier alpha value is -0.540. The summed E-state index contributed by atoms with van der Waals surface area (Å²) in [6.07, 6.45) is 3.45. The minimum atomic E-state index is -0.148. The Kier molecular flexibility index (Phi) is 7.36. The normalized spacial score (nSPS) is 14.4. The summed E-state index contributed by atoms with van der Waals surface area (Å²) < 4.78 is 13.2. The molecule has 0 saturated heterocycles. The summed E-state index contributed by atoms with van der Waals surface area (Å²) in [7, 11) is 0. The van der Waals surface area contributed by atoms with E-state index in [1.165, 1.54) is 18.9 Å². The lowest BCUT2D eigenvalue weighted by Gasteiger charge is -2.26. The Morgan fingerprint density at radius 2 is 2.06 bits per heavy atom. The number of benzene rings is 1. The first kappa shape index (κ1) is 15.5. The van der Waals surface area contributed by atoms with E-state index in [-0.39, 0.29) is 5.82 Å². The molecule has 0 heterocycles. The second-order valence-electron chi connectivity index (χ2n) is 4.47. The second-order valence-corrected chi connectivity index (χ2v) is 5.79. The lowest BCUT2D eigenvalue weighted by Crippen LogP contribution is -2.37. The Morgan fingerprint density at radius 3 is 2.61 bits per heavy atom. The fraction of sp³-hybridized carbons (Fsp3) is 0.600. The van der Waals surface area contributed by atoms with E-state index in [1.807, 2.05) is 6.07 Å². The first-order chi connectivity index (χ1) is 8.71. The van der Waals surface area contributed by atoms with E-state index in [0.717, 1.165) is 17.9 Å². The van der Waals surface area contributed by atoms with Crippen molar-refractivity contribution in [2.24, 2.45) is 0 Å². The highest BCUT2D eigenvalue weighted by Gasteiger charge is 2.19. The summed E-state index contributed by atoms with van der Waals surface area (Å²) in [6.45, 7) is 7.55. The highest BCUT2D eigenvalue weighted by atomic mass is 32.2. The number of rotatable bonds is 8. The van der Waals surface area contributed by atoms with Gasteiger partial charge in [-0.15, -0.1) is 11.8 Å². The molecule has 1 aromatic carbocycles. The van der Waals surface area contributed by atoms with Crippen LogP contribution in [0.25, 0.3) is 0 Å². The van der Waals surface area contributed by atoms with Crippen LogP contribution in [0.5, 0.6) is 0 Å². The van der Waals surface area contributed by atoms with Gasteiger partial charge in [0.15, 0.2) is 0 Å². The first-order valence-electron chi connectivity index (χ1n) is 6.86. The van der Waals surface area contributed by atoms with E-state index in [1.54, 1.807) is 23.9 Å². The van der Waals surface area contributed by atoms with Crippen LogP contribution in [0.3, 0.4) is 0 Å². The van der Waals surface area contributed by atoms with Gasteiger partial charge in [0.1, 0.15) is 5.82 Å². The third-order valence-electron chi connectivity index (χ3n) is 3.00. The van der Waals surface area contributed by atoms with Crippen LogP contribution in [-0.4, -0.2) is 17.8 Å². The predicted octanol–water partition coefficient (Wildman–Crippen LogP) is 4.47. The molecule has 0 fully saturated rings. The molecule has 0 aliphatic carbocycles. The molecule has 0 amide bonds. The van der Waals surface area contributed by atoms with Gasteiger partial charge < -0.3 is 5.32 Å². The van der Waals surface area contributed by atoms with Crippen LogP contribution >= 0.6 is 11.8 Å². The zero-order valence-corrected chi connectivity index (χ0v) is 12.4. The van der Waals surface area contributed by atoms with E-state index in [0.29, 0.717) is 11.3 Å². The van der Waals surface area contributed by atoms with Crippen LogP contribution in [0.4, 0.5) is 4.39 Å². The van der Waals surface area contributed by atoms with Crippen LogP contribution in [0, 0.1) is 5.82 Å². The molecule has 0 aliphatic heterocycles. The van der Waals surface area contributed by atoms with Crippen molar-refractivity contribution in [2.75, 3.05) is 6.54 Å². The van der Waals surface area contributed by atoms with Crippen LogP contribution in [0.2, 0.25) is 0 Å². The minimum Gasteiger partial charge on any atom is -0.313 e. The Bertz CT molecular complexity index is 337. The van der Waals surface area contributed by atoms with Gasteiger partial charge in [0, 0.05) is 16.2 Å². The second kappa shape index (κ2) is 8.54. The molecule has 0 bridgehead atoms. The smallest absolute Gasteiger partial charge is 0.124 e. The molecule has 2 atom stereocenters. The number of halogens is 1. The molecule has 1 rings (SSSR count). The lowest BCUT2D eigenvalue weighted by molar-refractivity contribution is 0.465. The fourth-order valence-electron chi connectivity index (χ4n) is 2.16. The lowest BCUT2D eigenvalue weighted by atomic mass is 10.1. The molecule has 2 unspecified atom stereocenters. The van der Waals surface area contributed by atoms with Crippen molar-refractivity contribution < 1.29 is 4.39 Å². The van der Waals surface area contributed by atoms with Gasteiger partial charge in [0.25, 0.3) is 0 Å². The Labute approximate surface area is 115 Å². The van der Waals surface area contributed by atoms with E-state index in [9.17, 15) is 4.39 Å². The van der Waals surface area contributed by atoms with Crippen molar-refractivity contribution >= 4 is 11.8 Å².